The molecule has 4 nitrogen and oxygen atoms in total. The van der Waals surface area contributed by atoms with Crippen molar-refractivity contribution in [2.45, 2.75) is 26.7 Å². The number of aromatic nitrogens is 2. The number of anilines is 1. The molecule has 1 heterocycles. The van der Waals surface area contributed by atoms with Gasteiger partial charge in [-0.2, -0.15) is 5.10 Å². The Morgan fingerprint density at radius 1 is 1.30 bits per heavy atom. The van der Waals surface area contributed by atoms with E-state index in [1.807, 2.05) is 49.0 Å². The predicted octanol–water partition coefficient (Wildman–Crippen LogP) is 3.23. The maximum atomic E-state index is 11.4. The summed E-state index contributed by atoms with van der Waals surface area (Å²) >= 11 is 0. The second-order valence-corrected chi connectivity index (χ2v) is 4.96. The van der Waals surface area contributed by atoms with Crippen molar-refractivity contribution >= 4 is 12.1 Å². The number of hydrogen-bond acceptors (Lipinski definition) is 3. The number of nitrogens with zero attached hydrogens (tertiary/aromatic N) is 3. The van der Waals surface area contributed by atoms with Crippen LogP contribution in [0.1, 0.15) is 35.8 Å². The summed E-state index contributed by atoms with van der Waals surface area (Å²) < 4.78 is 1.86. The molecule has 1 aromatic carbocycles. The maximum Gasteiger partial charge on any atom is 0.155 e. The standard InChI is InChI=1S/C16H21N3O/c1-4-5-11-18(3)16-15(12-20)13(2)17-19(16)14-9-7-6-8-10-14/h6-10,12H,4-5,11H2,1-3H3. The van der Waals surface area contributed by atoms with Gasteiger partial charge in [0.05, 0.1) is 16.9 Å². The van der Waals surface area contributed by atoms with E-state index in [2.05, 4.69) is 16.9 Å². The highest BCUT2D eigenvalue weighted by molar-refractivity contribution is 5.85. The first-order chi connectivity index (χ1) is 9.69. The van der Waals surface area contributed by atoms with Gasteiger partial charge in [0.1, 0.15) is 5.82 Å². The lowest BCUT2D eigenvalue weighted by molar-refractivity contribution is 0.112. The molecule has 0 amide bonds. The summed E-state index contributed by atoms with van der Waals surface area (Å²) in [5.41, 5.74) is 2.41. The van der Waals surface area contributed by atoms with E-state index in [1.54, 1.807) is 0 Å². The van der Waals surface area contributed by atoms with Gasteiger partial charge in [0.2, 0.25) is 0 Å². The third-order valence-corrected chi connectivity index (χ3v) is 3.41. The minimum Gasteiger partial charge on any atom is -0.359 e. The van der Waals surface area contributed by atoms with Crippen LogP contribution in [0.2, 0.25) is 0 Å². The highest BCUT2D eigenvalue weighted by Crippen LogP contribution is 2.25. The van der Waals surface area contributed by atoms with Crippen molar-refractivity contribution in [2.24, 2.45) is 0 Å². The van der Waals surface area contributed by atoms with Crippen LogP contribution in [0.15, 0.2) is 30.3 Å². The SMILES string of the molecule is CCCCN(C)c1c(C=O)c(C)nn1-c1ccccc1. The third-order valence-electron chi connectivity index (χ3n) is 3.41. The molecule has 0 radical (unpaired) electrons. The molecule has 0 unspecified atom stereocenters. The van der Waals surface area contributed by atoms with E-state index in [9.17, 15) is 4.79 Å². The van der Waals surface area contributed by atoms with Crippen LogP contribution in [0.25, 0.3) is 5.69 Å². The summed E-state index contributed by atoms with van der Waals surface area (Å²) in [5.74, 6) is 0.872. The molecule has 2 rings (SSSR count). The minimum absolute atomic E-state index is 0.674. The number of carbonyl (C=O) groups is 1. The highest BCUT2D eigenvalue weighted by atomic mass is 16.1. The molecule has 0 saturated carbocycles. The Kier molecular flexibility index (Phi) is 4.56. The van der Waals surface area contributed by atoms with Crippen LogP contribution in [0, 0.1) is 6.92 Å². The molecule has 0 aliphatic heterocycles. The van der Waals surface area contributed by atoms with Gasteiger partial charge in [-0.25, -0.2) is 4.68 Å². The van der Waals surface area contributed by atoms with Crippen LogP contribution >= 0.6 is 0 Å². The average molecular weight is 271 g/mol. The number of hydrogen-bond donors (Lipinski definition) is 0. The van der Waals surface area contributed by atoms with Crippen LogP contribution in [0.4, 0.5) is 5.82 Å². The Morgan fingerprint density at radius 3 is 2.60 bits per heavy atom. The minimum atomic E-state index is 0.674. The highest BCUT2D eigenvalue weighted by Gasteiger charge is 2.18. The molecular weight excluding hydrogens is 250 g/mol. The molecule has 2 aromatic rings. The van der Waals surface area contributed by atoms with Gasteiger partial charge in [0, 0.05) is 13.6 Å². The van der Waals surface area contributed by atoms with Gasteiger partial charge in [0.25, 0.3) is 0 Å². The zero-order chi connectivity index (χ0) is 14.5. The number of unbranched alkanes of at least 4 members (excludes halogenated alkanes) is 1. The Balaban J connectivity index is 2.49. The molecule has 0 aliphatic carbocycles. The quantitative estimate of drug-likeness (QED) is 0.757. The van der Waals surface area contributed by atoms with Crippen LogP contribution in [0.5, 0.6) is 0 Å². The van der Waals surface area contributed by atoms with Crippen molar-refractivity contribution < 1.29 is 4.79 Å². The molecule has 1 aromatic heterocycles. The van der Waals surface area contributed by atoms with Crippen molar-refractivity contribution in [3.8, 4) is 5.69 Å². The van der Waals surface area contributed by atoms with Gasteiger partial charge in [-0.05, 0) is 25.5 Å². The molecule has 106 valence electrons. The largest absolute Gasteiger partial charge is 0.359 e. The number of benzene rings is 1. The summed E-state index contributed by atoms with van der Waals surface area (Å²) in [6.07, 6.45) is 3.12. The van der Waals surface area contributed by atoms with E-state index >= 15 is 0 Å². The second-order valence-electron chi connectivity index (χ2n) is 4.96. The fourth-order valence-corrected chi connectivity index (χ4v) is 2.28. The molecule has 4 heteroatoms. The monoisotopic (exact) mass is 271 g/mol. The molecule has 0 bridgehead atoms. The lowest BCUT2D eigenvalue weighted by Crippen LogP contribution is -2.22. The van der Waals surface area contributed by atoms with Gasteiger partial charge in [-0.1, -0.05) is 31.5 Å². The summed E-state index contributed by atoms with van der Waals surface area (Å²) in [7, 11) is 2.01. The number of rotatable bonds is 6. The first kappa shape index (κ1) is 14.3. The number of para-hydroxylation sites is 1. The van der Waals surface area contributed by atoms with E-state index in [4.69, 9.17) is 0 Å². The normalized spacial score (nSPS) is 10.6. The van der Waals surface area contributed by atoms with Crippen LogP contribution in [-0.2, 0) is 0 Å². The van der Waals surface area contributed by atoms with Gasteiger partial charge in [-0.3, -0.25) is 4.79 Å². The topological polar surface area (TPSA) is 38.1 Å². The zero-order valence-corrected chi connectivity index (χ0v) is 12.3. The van der Waals surface area contributed by atoms with Gasteiger partial charge in [-0.15, -0.1) is 0 Å². The lowest BCUT2D eigenvalue weighted by atomic mass is 10.2. The van der Waals surface area contributed by atoms with Crippen molar-refractivity contribution in [2.75, 3.05) is 18.5 Å². The first-order valence-corrected chi connectivity index (χ1v) is 7.00. The van der Waals surface area contributed by atoms with E-state index in [0.29, 0.717) is 5.56 Å². The predicted molar refractivity (Wildman–Crippen MR) is 81.9 cm³/mol. The number of aryl methyl sites for hydroxylation is 1. The Bertz CT molecular complexity index is 575. The first-order valence-electron chi connectivity index (χ1n) is 7.00. The molecule has 20 heavy (non-hydrogen) atoms. The van der Waals surface area contributed by atoms with E-state index in [-0.39, 0.29) is 0 Å². The van der Waals surface area contributed by atoms with E-state index in [1.165, 1.54) is 0 Å². The van der Waals surface area contributed by atoms with E-state index in [0.717, 1.165) is 42.9 Å². The van der Waals surface area contributed by atoms with Gasteiger partial charge in [0.15, 0.2) is 6.29 Å². The zero-order valence-electron chi connectivity index (χ0n) is 12.3. The van der Waals surface area contributed by atoms with Crippen LogP contribution < -0.4 is 4.90 Å². The molecule has 0 N–H and O–H groups in total. The molecular formula is C16H21N3O. The van der Waals surface area contributed by atoms with Crippen molar-refractivity contribution in [3.63, 3.8) is 0 Å². The van der Waals surface area contributed by atoms with Crippen LogP contribution in [0.3, 0.4) is 0 Å². The smallest absolute Gasteiger partial charge is 0.155 e. The molecule has 0 spiro atoms. The maximum absolute atomic E-state index is 11.4. The molecule has 0 atom stereocenters. The van der Waals surface area contributed by atoms with Crippen LogP contribution in [-0.4, -0.2) is 29.7 Å². The molecule has 0 saturated heterocycles. The summed E-state index contributed by atoms with van der Waals surface area (Å²) in [6, 6.07) is 9.92. The van der Waals surface area contributed by atoms with E-state index < -0.39 is 0 Å². The second kappa shape index (κ2) is 6.37. The average Bonchev–Trinajstić information content (AvgIpc) is 2.82. The lowest BCUT2D eigenvalue weighted by Gasteiger charge is -2.21. The summed E-state index contributed by atoms with van der Waals surface area (Å²) in [6.45, 7) is 4.95. The van der Waals surface area contributed by atoms with Gasteiger partial charge >= 0.3 is 0 Å². The number of carbonyl (C=O) groups excluding carboxylic acids is 1. The summed E-state index contributed by atoms with van der Waals surface area (Å²) in [5, 5.41) is 4.52. The third kappa shape index (κ3) is 2.74. The molecule has 0 aliphatic rings. The van der Waals surface area contributed by atoms with Crippen molar-refractivity contribution in [3.05, 3.63) is 41.6 Å². The fraction of sp³-hybridized carbons (Fsp3) is 0.375. The van der Waals surface area contributed by atoms with Crippen molar-refractivity contribution in [1.29, 1.82) is 0 Å². The van der Waals surface area contributed by atoms with Crippen molar-refractivity contribution in [1.82, 2.24) is 9.78 Å². The van der Waals surface area contributed by atoms with Gasteiger partial charge < -0.3 is 4.90 Å². The Labute approximate surface area is 120 Å². The Hall–Kier alpha value is -2.10. The molecule has 0 fully saturated rings. The Morgan fingerprint density at radius 2 is 2.00 bits per heavy atom. The summed E-state index contributed by atoms with van der Waals surface area (Å²) in [4.78, 5) is 13.5. The fourth-order valence-electron chi connectivity index (χ4n) is 2.28. The number of aldehydes is 1.